The van der Waals surface area contributed by atoms with Crippen LogP contribution in [0.3, 0.4) is 0 Å². The van der Waals surface area contributed by atoms with Crippen molar-refractivity contribution in [1.29, 1.82) is 0 Å². The topological polar surface area (TPSA) is 149 Å². The fourth-order valence-electron chi connectivity index (χ4n) is 8.67. The molecule has 4 aromatic heterocycles. The fourth-order valence-corrected chi connectivity index (χ4v) is 10.5. The molecule has 0 spiro atoms. The minimum absolute atomic E-state index is 0.00932. The number of carbonyl (C=O) groups excluding carboxylic acids is 3. The van der Waals surface area contributed by atoms with Crippen LogP contribution in [0.15, 0.2) is 48.1 Å². The van der Waals surface area contributed by atoms with Crippen molar-refractivity contribution in [1.82, 2.24) is 39.8 Å². The Morgan fingerprint density at radius 3 is 2.68 bits per heavy atom. The van der Waals surface area contributed by atoms with E-state index < -0.39 is 11.3 Å². The van der Waals surface area contributed by atoms with Crippen LogP contribution in [0.25, 0.3) is 33.4 Å². The van der Waals surface area contributed by atoms with Gasteiger partial charge in [0, 0.05) is 91.5 Å². The molecule has 0 radical (unpaired) electrons. The minimum atomic E-state index is -0.816. The number of aryl methyl sites for hydroxylation is 2. The van der Waals surface area contributed by atoms with Gasteiger partial charge in [-0.2, -0.15) is 0 Å². The number of methoxy groups -OCH3 is 1. The number of hydrogen-bond donors (Lipinski definition) is 2. The lowest BCUT2D eigenvalue weighted by Gasteiger charge is -2.32. The lowest BCUT2D eigenvalue weighted by molar-refractivity contribution is -0.140. The van der Waals surface area contributed by atoms with E-state index in [0.717, 1.165) is 94.4 Å². The van der Waals surface area contributed by atoms with E-state index in [4.69, 9.17) is 19.4 Å². The smallest absolute Gasteiger partial charge is 0.293 e. The number of benzene rings is 1. The van der Waals surface area contributed by atoms with E-state index in [9.17, 15) is 14.4 Å². The number of imidazole rings is 1. The van der Waals surface area contributed by atoms with Gasteiger partial charge in [0.2, 0.25) is 11.9 Å². The van der Waals surface area contributed by atoms with Gasteiger partial charge in [-0.05, 0) is 93.6 Å². The second kappa shape index (κ2) is 19.7. The largest absolute Gasteiger partial charge is 0.467 e. The summed E-state index contributed by atoms with van der Waals surface area (Å²) in [5, 5.41) is 8.25. The standard InChI is InChI=1S/C46H61N9O5S2/c1-9-53-38-17-16-31(22-34(38)35(24-46(5,6)27-60-28-56)41(53)33-15-12-18-47-40(33)30(4)59-8)37-26-61-39(50-37)23-36(44(58)55-21-11-10-19-49-55)51-43(57)42(29(2)3)62-52(7)45-48-25-32-14-13-20-54(32)45/h12,15-18,22,25-26,28-30,36,42,49H,9-11,13-14,19-21,23-24,27H2,1-8H3,(H,51,57). The summed E-state index contributed by atoms with van der Waals surface area (Å²) in [6, 6.07) is 9.69. The highest BCUT2D eigenvalue weighted by atomic mass is 32.2. The number of amides is 2. The van der Waals surface area contributed by atoms with Gasteiger partial charge in [0.1, 0.15) is 11.3 Å². The Balaban J connectivity index is 1.21. The second-order valence-corrected chi connectivity index (χ2v) is 19.6. The molecule has 0 bridgehead atoms. The Morgan fingerprint density at radius 2 is 1.95 bits per heavy atom. The van der Waals surface area contributed by atoms with E-state index >= 15 is 0 Å². The summed E-state index contributed by atoms with van der Waals surface area (Å²) in [6.07, 6.45) is 8.36. The van der Waals surface area contributed by atoms with Gasteiger partial charge < -0.3 is 23.9 Å². The molecule has 62 heavy (non-hydrogen) atoms. The molecule has 1 aromatic carbocycles. The average molecular weight is 884 g/mol. The highest BCUT2D eigenvalue weighted by Gasteiger charge is 2.34. The zero-order valence-corrected chi connectivity index (χ0v) is 38.9. The molecule has 7 rings (SSSR count). The number of aromatic nitrogens is 5. The third-order valence-corrected chi connectivity index (χ3v) is 14.2. The maximum Gasteiger partial charge on any atom is 0.293 e. The van der Waals surface area contributed by atoms with Crippen LogP contribution in [-0.4, -0.2) is 92.5 Å². The number of nitrogens with one attached hydrogen (secondary N) is 2. The summed E-state index contributed by atoms with van der Waals surface area (Å²) >= 11 is 2.94. The fraction of sp³-hybridized carbons (Fsp3) is 0.522. The van der Waals surface area contributed by atoms with Crippen molar-refractivity contribution in [3.05, 3.63) is 70.1 Å². The highest BCUT2D eigenvalue weighted by Crippen LogP contribution is 2.42. The van der Waals surface area contributed by atoms with E-state index in [1.807, 2.05) is 49.8 Å². The van der Waals surface area contributed by atoms with Crippen LogP contribution in [0, 0.1) is 11.3 Å². The number of fused-ring (bicyclic) bond motifs is 2. The number of thiazole rings is 1. The molecule has 0 aliphatic carbocycles. The lowest BCUT2D eigenvalue weighted by Crippen LogP contribution is -2.57. The van der Waals surface area contributed by atoms with Crippen molar-refractivity contribution < 1.29 is 23.9 Å². The molecule has 2 N–H and O–H groups in total. The first-order chi connectivity index (χ1) is 29.8. The number of hydrazine groups is 1. The van der Waals surface area contributed by atoms with Crippen molar-refractivity contribution in [3.63, 3.8) is 0 Å². The molecule has 0 saturated carbocycles. The molecule has 3 atom stereocenters. The molecule has 2 amide bonds. The summed E-state index contributed by atoms with van der Waals surface area (Å²) in [4.78, 5) is 54.3. The van der Waals surface area contributed by atoms with E-state index in [2.05, 4.69) is 69.9 Å². The molecule has 1 fully saturated rings. The predicted molar refractivity (Wildman–Crippen MR) is 247 cm³/mol. The summed E-state index contributed by atoms with van der Waals surface area (Å²) in [6.45, 7) is 16.1. The van der Waals surface area contributed by atoms with Gasteiger partial charge >= 0.3 is 0 Å². The Hall–Kier alpha value is -4.77. The van der Waals surface area contributed by atoms with E-state index in [1.54, 1.807) is 18.3 Å². The minimum Gasteiger partial charge on any atom is -0.467 e. The average Bonchev–Trinajstić information content (AvgIpc) is 4.08. The molecule has 1 saturated heterocycles. The van der Waals surface area contributed by atoms with E-state index in [-0.39, 0.29) is 42.3 Å². The molecule has 2 aliphatic rings. The highest BCUT2D eigenvalue weighted by molar-refractivity contribution is 8.01. The Labute approximate surface area is 373 Å². The molecular formula is C46H61N9O5S2. The maximum atomic E-state index is 14.3. The summed E-state index contributed by atoms with van der Waals surface area (Å²) < 4.78 is 17.7. The normalized spacial score (nSPS) is 15.7. The molecule has 16 heteroatoms. The van der Waals surface area contributed by atoms with Crippen molar-refractivity contribution in [3.8, 4) is 22.5 Å². The number of hydrogen-bond acceptors (Lipinski definition) is 12. The van der Waals surface area contributed by atoms with Crippen LogP contribution in [0.4, 0.5) is 5.95 Å². The zero-order valence-electron chi connectivity index (χ0n) is 37.3. The Kier molecular flexibility index (Phi) is 14.4. The first kappa shape index (κ1) is 45.3. The van der Waals surface area contributed by atoms with Crippen LogP contribution < -0.4 is 15.0 Å². The number of carbonyl (C=O) groups is 3. The van der Waals surface area contributed by atoms with Gasteiger partial charge in [-0.3, -0.25) is 28.7 Å². The van der Waals surface area contributed by atoms with Gasteiger partial charge in [0.05, 0.1) is 41.0 Å². The summed E-state index contributed by atoms with van der Waals surface area (Å²) in [5.74, 6) is 0.474. The van der Waals surface area contributed by atoms with E-state index in [0.29, 0.717) is 26.0 Å². The molecule has 6 heterocycles. The van der Waals surface area contributed by atoms with Gasteiger partial charge in [0.25, 0.3) is 12.4 Å². The number of rotatable bonds is 19. The quantitative estimate of drug-likeness (QED) is 0.0632. The van der Waals surface area contributed by atoms with Gasteiger partial charge in [0.15, 0.2) is 0 Å². The molecule has 5 aromatic rings. The van der Waals surface area contributed by atoms with Gasteiger partial charge in [-0.25, -0.2) is 15.4 Å². The predicted octanol–water partition coefficient (Wildman–Crippen LogP) is 7.40. The lowest BCUT2D eigenvalue weighted by atomic mass is 9.84. The third-order valence-electron chi connectivity index (χ3n) is 11.9. The zero-order chi connectivity index (χ0) is 44.1. The molecular weight excluding hydrogens is 823 g/mol. The summed E-state index contributed by atoms with van der Waals surface area (Å²) in [7, 11) is 3.65. The summed E-state index contributed by atoms with van der Waals surface area (Å²) in [5.41, 5.74) is 10.9. The van der Waals surface area contributed by atoms with Gasteiger partial charge in [-0.15, -0.1) is 11.3 Å². The van der Waals surface area contributed by atoms with Gasteiger partial charge in [-0.1, -0.05) is 33.8 Å². The molecule has 14 nitrogen and oxygen atoms in total. The molecule has 3 unspecified atom stereocenters. The van der Waals surface area contributed by atoms with Crippen molar-refractivity contribution in [2.45, 2.75) is 111 Å². The SMILES string of the molecule is CCn1c(-c2cccnc2C(C)OC)c(CC(C)(C)COC=O)c2cc(-c3csc(CC(NC(=O)C(SN(C)c4ncc5n4CCC5)C(C)C)C(=O)N4CCCCN4)n3)ccc21. The molecule has 332 valence electrons. The maximum absolute atomic E-state index is 14.3. The van der Waals surface area contributed by atoms with Crippen LogP contribution in [0.2, 0.25) is 0 Å². The number of pyridine rings is 1. The monoisotopic (exact) mass is 883 g/mol. The Bertz CT molecular complexity index is 2360. The van der Waals surface area contributed by atoms with Crippen LogP contribution in [0.5, 0.6) is 0 Å². The number of ether oxygens (including phenoxy) is 2. The van der Waals surface area contributed by atoms with Crippen molar-refractivity contribution in [2.24, 2.45) is 11.3 Å². The van der Waals surface area contributed by atoms with Crippen LogP contribution >= 0.6 is 23.3 Å². The van der Waals surface area contributed by atoms with Crippen LogP contribution in [-0.2, 0) is 56.2 Å². The van der Waals surface area contributed by atoms with Crippen molar-refractivity contribution >= 4 is 58.4 Å². The van der Waals surface area contributed by atoms with Crippen molar-refractivity contribution in [2.75, 3.05) is 38.2 Å². The second-order valence-electron chi connectivity index (χ2n) is 17.4. The van der Waals surface area contributed by atoms with Crippen LogP contribution in [0.1, 0.15) is 88.9 Å². The third kappa shape index (κ3) is 9.73. The first-order valence-corrected chi connectivity index (χ1v) is 23.5. The Morgan fingerprint density at radius 1 is 1.13 bits per heavy atom. The number of anilines is 1. The first-order valence-electron chi connectivity index (χ1n) is 21.8. The van der Waals surface area contributed by atoms with E-state index in [1.165, 1.54) is 29.0 Å². The molecule has 2 aliphatic heterocycles. The number of nitrogens with zero attached hydrogens (tertiary/aromatic N) is 7.